The summed E-state index contributed by atoms with van der Waals surface area (Å²) in [4.78, 5) is 52.8. The lowest BCUT2D eigenvalue weighted by Gasteiger charge is -2.38. The number of rotatable bonds is 5. The van der Waals surface area contributed by atoms with E-state index in [1.54, 1.807) is 0 Å². The van der Waals surface area contributed by atoms with Gasteiger partial charge in [-0.3, -0.25) is 24.1 Å². The van der Waals surface area contributed by atoms with Crippen LogP contribution in [0.1, 0.15) is 76.2 Å². The number of anilines is 1. The molecule has 2 heterocycles. The van der Waals surface area contributed by atoms with Crippen LogP contribution in [0.15, 0.2) is 72.8 Å². The number of nitrogens with zero attached hydrogens (tertiary/aromatic N) is 2. The first-order chi connectivity index (χ1) is 24.4. The SMILES string of the molecule is Cc1cc(C(C)(c2ccc(O)c(N3C(=O)c4ccc(C(c5ccc6c(c5)C(=O)N(C)C6=O)(C(F)(F)F)C(F)(F)F)cc4C3=O)c2)C(F)(F)F)ccc1O. The van der Waals surface area contributed by atoms with Gasteiger partial charge in [0.25, 0.3) is 23.6 Å². The number of phenols is 2. The van der Waals surface area contributed by atoms with Crippen molar-refractivity contribution in [2.24, 2.45) is 0 Å². The largest absolute Gasteiger partial charge is 0.508 e. The molecule has 0 aromatic heterocycles. The number of hydrogen-bond donors (Lipinski definition) is 2. The van der Waals surface area contributed by atoms with Crippen molar-refractivity contribution in [2.45, 2.75) is 43.2 Å². The minimum Gasteiger partial charge on any atom is -0.508 e. The maximum atomic E-state index is 15.0. The molecule has 4 aromatic carbocycles. The van der Waals surface area contributed by atoms with Crippen molar-refractivity contribution < 1.29 is 68.9 Å². The average Bonchev–Trinajstić information content (AvgIpc) is 3.43. The number of carbonyl (C=O) groups is 4. The smallest absolute Gasteiger partial charge is 0.411 e. The zero-order valence-corrected chi connectivity index (χ0v) is 27.3. The molecule has 17 heteroatoms. The van der Waals surface area contributed by atoms with Crippen LogP contribution >= 0.6 is 0 Å². The summed E-state index contributed by atoms with van der Waals surface area (Å²) in [5, 5.41) is 20.6. The number of phenolic OH excluding ortho intramolecular Hbond substituents is 2. The van der Waals surface area contributed by atoms with Gasteiger partial charge in [-0.15, -0.1) is 0 Å². The van der Waals surface area contributed by atoms with E-state index in [1.165, 1.54) is 6.92 Å². The van der Waals surface area contributed by atoms with E-state index in [-0.39, 0.29) is 28.3 Å². The van der Waals surface area contributed by atoms with Gasteiger partial charge in [0.05, 0.1) is 27.9 Å². The number of aromatic hydroxyl groups is 2. The van der Waals surface area contributed by atoms with Crippen LogP contribution in [0.5, 0.6) is 11.5 Å². The third kappa shape index (κ3) is 5.07. The van der Waals surface area contributed by atoms with E-state index in [0.29, 0.717) is 35.2 Å². The number of imide groups is 2. The van der Waals surface area contributed by atoms with Crippen molar-refractivity contribution in [3.8, 4) is 11.5 Å². The van der Waals surface area contributed by atoms with Crippen LogP contribution in [-0.4, -0.2) is 64.3 Å². The lowest BCUT2D eigenvalue weighted by atomic mass is 9.71. The topological polar surface area (TPSA) is 115 Å². The highest BCUT2D eigenvalue weighted by atomic mass is 19.4. The molecule has 0 spiro atoms. The standard InChI is InChI=1S/C36H23F9N2O6/c1-16-12-17(6-10-26(16)48)32(2,34(37,38)39)18-7-11-27(49)25(15-18)47-30(52)22-9-5-20(14-24(22)31(47)53)33(35(40,41)42,36(43,44)45)19-4-8-21-23(13-19)29(51)46(3)28(21)50/h4-15,48-49H,1-3H3. The molecule has 4 aromatic rings. The van der Waals surface area contributed by atoms with Gasteiger partial charge in [-0.1, -0.05) is 30.3 Å². The third-order valence-corrected chi connectivity index (χ3v) is 9.83. The van der Waals surface area contributed by atoms with Crippen molar-refractivity contribution >= 4 is 29.3 Å². The first kappa shape index (κ1) is 36.9. The van der Waals surface area contributed by atoms with Gasteiger partial charge >= 0.3 is 18.5 Å². The van der Waals surface area contributed by atoms with Gasteiger partial charge in [0.1, 0.15) is 16.9 Å². The molecule has 53 heavy (non-hydrogen) atoms. The normalized spacial score (nSPS) is 16.3. The van der Waals surface area contributed by atoms with Crippen LogP contribution in [-0.2, 0) is 10.8 Å². The van der Waals surface area contributed by atoms with Crippen molar-refractivity contribution in [2.75, 3.05) is 11.9 Å². The van der Waals surface area contributed by atoms with Gasteiger partial charge in [0.2, 0.25) is 5.41 Å². The summed E-state index contributed by atoms with van der Waals surface area (Å²) in [6.07, 6.45) is -17.5. The second kappa shape index (κ2) is 11.6. The van der Waals surface area contributed by atoms with Crippen LogP contribution in [0.4, 0.5) is 45.2 Å². The molecule has 2 aliphatic rings. The number of halogens is 9. The predicted molar refractivity (Wildman–Crippen MR) is 167 cm³/mol. The van der Waals surface area contributed by atoms with Crippen LogP contribution in [0.25, 0.3) is 0 Å². The van der Waals surface area contributed by atoms with Gasteiger partial charge < -0.3 is 10.2 Å². The number of aryl methyl sites for hydroxylation is 1. The van der Waals surface area contributed by atoms with Crippen LogP contribution < -0.4 is 4.90 Å². The molecule has 6 rings (SSSR count). The Balaban J connectivity index is 1.51. The van der Waals surface area contributed by atoms with Crippen LogP contribution in [0, 0.1) is 6.92 Å². The Hall–Kier alpha value is -5.87. The lowest BCUT2D eigenvalue weighted by Crippen LogP contribution is -2.55. The quantitative estimate of drug-likeness (QED) is 0.160. The summed E-state index contributed by atoms with van der Waals surface area (Å²) >= 11 is 0. The zero-order chi connectivity index (χ0) is 39.4. The van der Waals surface area contributed by atoms with Gasteiger partial charge in [0.15, 0.2) is 0 Å². The highest BCUT2D eigenvalue weighted by Gasteiger charge is 2.73. The molecule has 0 saturated carbocycles. The molecular formula is C36H23F9N2O6. The Morgan fingerprint density at radius 3 is 1.42 bits per heavy atom. The fourth-order valence-corrected chi connectivity index (χ4v) is 6.74. The summed E-state index contributed by atoms with van der Waals surface area (Å²) < 4.78 is 135. The molecule has 8 nitrogen and oxygen atoms in total. The van der Waals surface area contributed by atoms with Gasteiger partial charge in [-0.2, -0.15) is 39.5 Å². The van der Waals surface area contributed by atoms with Crippen molar-refractivity contribution in [3.63, 3.8) is 0 Å². The lowest BCUT2D eigenvalue weighted by molar-refractivity contribution is -0.288. The molecule has 2 N–H and O–H groups in total. The minimum absolute atomic E-state index is 0.0641. The molecule has 1 unspecified atom stereocenters. The molecule has 0 bridgehead atoms. The van der Waals surface area contributed by atoms with E-state index in [9.17, 15) is 42.6 Å². The van der Waals surface area contributed by atoms with Gasteiger partial charge in [-0.25, -0.2) is 4.90 Å². The molecular weight excluding hydrogens is 727 g/mol. The van der Waals surface area contributed by atoms with Gasteiger partial charge in [0, 0.05) is 7.05 Å². The van der Waals surface area contributed by atoms with Gasteiger partial charge in [-0.05, 0) is 84.1 Å². The number of amides is 4. The van der Waals surface area contributed by atoms with E-state index in [1.807, 2.05) is 0 Å². The first-order valence-corrected chi connectivity index (χ1v) is 15.2. The van der Waals surface area contributed by atoms with E-state index >= 15 is 26.3 Å². The Morgan fingerprint density at radius 1 is 0.509 bits per heavy atom. The van der Waals surface area contributed by atoms with E-state index in [0.717, 1.165) is 44.3 Å². The van der Waals surface area contributed by atoms with Crippen molar-refractivity contribution in [3.05, 3.63) is 123 Å². The maximum absolute atomic E-state index is 15.0. The monoisotopic (exact) mass is 750 g/mol. The zero-order valence-electron chi connectivity index (χ0n) is 27.3. The highest BCUT2D eigenvalue weighted by Crippen LogP contribution is 2.57. The summed E-state index contributed by atoms with van der Waals surface area (Å²) in [5.74, 6) is -6.33. The van der Waals surface area contributed by atoms with Crippen LogP contribution in [0.3, 0.4) is 0 Å². The van der Waals surface area contributed by atoms with Crippen LogP contribution in [0.2, 0.25) is 0 Å². The summed E-state index contributed by atoms with van der Waals surface area (Å²) in [6.45, 7) is 2.08. The fourth-order valence-electron chi connectivity index (χ4n) is 6.74. The number of benzene rings is 4. The van der Waals surface area contributed by atoms with E-state index < -0.39 is 109 Å². The average molecular weight is 751 g/mol. The molecule has 1 atom stereocenters. The molecule has 0 fully saturated rings. The Bertz CT molecular complexity index is 2260. The minimum atomic E-state index is -6.22. The Labute approximate surface area is 292 Å². The Kier molecular flexibility index (Phi) is 8.05. The predicted octanol–water partition coefficient (Wildman–Crippen LogP) is 7.71. The summed E-state index contributed by atoms with van der Waals surface area (Å²) in [6, 6.07) is 7.50. The molecule has 276 valence electrons. The maximum Gasteiger partial charge on any atom is 0.411 e. The number of carbonyl (C=O) groups excluding carboxylic acids is 4. The third-order valence-electron chi connectivity index (χ3n) is 9.83. The number of hydrogen-bond acceptors (Lipinski definition) is 6. The molecule has 0 saturated heterocycles. The van der Waals surface area contributed by atoms with Crippen molar-refractivity contribution in [1.29, 1.82) is 0 Å². The first-order valence-electron chi connectivity index (χ1n) is 15.2. The second-order valence-electron chi connectivity index (χ2n) is 12.7. The van der Waals surface area contributed by atoms with E-state index in [2.05, 4.69) is 0 Å². The summed E-state index contributed by atoms with van der Waals surface area (Å²) in [7, 11) is 0.978. The van der Waals surface area contributed by atoms with E-state index in [4.69, 9.17) is 0 Å². The molecule has 0 aliphatic carbocycles. The second-order valence-corrected chi connectivity index (χ2v) is 12.7. The number of fused-ring (bicyclic) bond motifs is 2. The molecule has 0 radical (unpaired) electrons. The molecule has 4 amide bonds. The molecule has 2 aliphatic heterocycles. The Morgan fingerprint density at radius 2 is 0.925 bits per heavy atom. The van der Waals surface area contributed by atoms with Crippen molar-refractivity contribution in [1.82, 2.24) is 4.90 Å². The summed E-state index contributed by atoms with van der Waals surface area (Å²) in [5.41, 5.74) is -15.8. The highest BCUT2D eigenvalue weighted by molar-refractivity contribution is 6.35. The number of alkyl halides is 9. The fraction of sp³-hybridized carbons (Fsp3) is 0.222.